The van der Waals surface area contributed by atoms with E-state index in [0.29, 0.717) is 17.1 Å². The molecular formula is C16H17N3O2. The zero-order chi connectivity index (χ0) is 15.1. The quantitative estimate of drug-likeness (QED) is 0.873. The largest absolute Gasteiger partial charge is 0.485 e. The summed E-state index contributed by atoms with van der Waals surface area (Å²) >= 11 is 0. The van der Waals surface area contributed by atoms with Crippen molar-refractivity contribution >= 4 is 11.7 Å². The van der Waals surface area contributed by atoms with E-state index in [1.54, 1.807) is 37.3 Å². The topological polar surface area (TPSA) is 68.5 Å². The first-order chi connectivity index (χ1) is 9.97. The molecule has 1 amide bonds. The zero-order valence-electron chi connectivity index (χ0n) is 12.3. The molecule has 1 unspecified atom stereocenters. The van der Waals surface area contributed by atoms with E-state index in [0.717, 1.165) is 16.7 Å². The number of carbonyl (C=O) groups excluding carboxylic acids is 1. The minimum Gasteiger partial charge on any atom is -0.485 e. The minimum absolute atomic E-state index is 0.0460. The molecule has 2 N–H and O–H groups in total. The number of nitrogen functional groups attached to an aromatic ring is 1. The van der Waals surface area contributed by atoms with E-state index < -0.39 is 0 Å². The fraction of sp³-hybridized carbons (Fsp3) is 0.250. The molecule has 2 aromatic rings. The van der Waals surface area contributed by atoms with E-state index in [2.05, 4.69) is 4.98 Å². The fourth-order valence-electron chi connectivity index (χ4n) is 2.54. The van der Waals surface area contributed by atoms with E-state index in [-0.39, 0.29) is 12.0 Å². The summed E-state index contributed by atoms with van der Waals surface area (Å²) in [5, 5.41) is 0. The molecule has 3 rings (SSSR count). The van der Waals surface area contributed by atoms with Crippen LogP contribution in [0, 0.1) is 0 Å². The maximum absolute atomic E-state index is 12.0. The van der Waals surface area contributed by atoms with Gasteiger partial charge in [-0.2, -0.15) is 0 Å². The third kappa shape index (κ3) is 2.20. The van der Waals surface area contributed by atoms with Gasteiger partial charge >= 0.3 is 0 Å². The van der Waals surface area contributed by atoms with Crippen LogP contribution in [0.2, 0.25) is 0 Å². The van der Waals surface area contributed by atoms with Gasteiger partial charge in [0.25, 0.3) is 5.91 Å². The number of ether oxygens (including phenoxy) is 1. The molecule has 1 aliphatic rings. The summed E-state index contributed by atoms with van der Waals surface area (Å²) < 4.78 is 5.93. The highest BCUT2D eigenvalue weighted by atomic mass is 16.5. The summed E-state index contributed by atoms with van der Waals surface area (Å²) in [6.07, 6.45) is 1.64. The van der Waals surface area contributed by atoms with Gasteiger partial charge in [-0.1, -0.05) is 0 Å². The predicted molar refractivity (Wildman–Crippen MR) is 81.1 cm³/mol. The lowest BCUT2D eigenvalue weighted by Gasteiger charge is -2.27. The highest BCUT2D eigenvalue weighted by Gasteiger charge is 2.24. The summed E-state index contributed by atoms with van der Waals surface area (Å²) in [6, 6.07) is 7.32. The van der Waals surface area contributed by atoms with Gasteiger partial charge in [-0.3, -0.25) is 4.79 Å². The molecule has 5 nitrogen and oxygen atoms in total. The molecule has 108 valence electrons. The number of aromatic nitrogens is 1. The third-order valence-corrected chi connectivity index (χ3v) is 3.62. The molecule has 0 radical (unpaired) electrons. The molecule has 0 bridgehead atoms. The highest BCUT2D eigenvalue weighted by molar-refractivity contribution is 5.95. The van der Waals surface area contributed by atoms with Crippen LogP contribution in [-0.4, -0.2) is 29.9 Å². The fourth-order valence-corrected chi connectivity index (χ4v) is 2.54. The van der Waals surface area contributed by atoms with Gasteiger partial charge in [0.05, 0.1) is 0 Å². The minimum atomic E-state index is -0.123. The number of anilines is 1. The Kier molecular flexibility index (Phi) is 3.05. The Balaban J connectivity index is 2.12. The number of carbonyl (C=O) groups is 1. The van der Waals surface area contributed by atoms with Crippen molar-refractivity contribution in [2.45, 2.75) is 13.0 Å². The number of hydrogen-bond acceptors (Lipinski definition) is 4. The van der Waals surface area contributed by atoms with Crippen LogP contribution >= 0.6 is 0 Å². The maximum atomic E-state index is 12.0. The molecule has 1 aliphatic heterocycles. The van der Waals surface area contributed by atoms with Crippen molar-refractivity contribution in [3.63, 3.8) is 0 Å². The number of rotatable bonds is 1. The van der Waals surface area contributed by atoms with E-state index in [9.17, 15) is 4.79 Å². The Morgan fingerprint density at radius 2 is 2.05 bits per heavy atom. The third-order valence-electron chi connectivity index (χ3n) is 3.62. The predicted octanol–water partition coefficient (Wildman–Crippen LogP) is 2.49. The summed E-state index contributed by atoms with van der Waals surface area (Å²) in [4.78, 5) is 17.7. The van der Waals surface area contributed by atoms with Crippen LogP contribution in [-0.2, 0) is 0 Å². The maximum Gasteiger partial charge on any atom is 0.253 e. The lowest BCUT2D eigenvalue weighted by atomic mass is 9.94. The number of pyridine rings is 1. The SMILES string of the molecule is CC1Oc2cc(C(=O)N(C)C)ccc2-c2cnc(N)cc21. The van der Waals surface area contributed by atoms with Crippen LogP contribution in [0.25, 0.3) is 11.1 Å². The van der Waals surface area contributed by atoms with Crippen molar-refractivity contribution in [1.82, 2.24) is 9.88 Å². The standard InChI is InChI=1S/C16H17N3O2/c1-9-12-7-15(17)18-8-13(12)11-5-4-10(6-14(11)21-9)16(20)19(2)3/h4-9H,1-3H3,(H2,17,18). The summed E-state index contributed by atoms with van der Waals surface area (Å²) in [5.41, 5.74) is 9.31. The van der Waals surface area contributed by atoms with Crippen LogP contribution in [0.15, 0.2) is 30.5 Å². The first-order valence-electron chi connectivity index (χ1n) is 6.75. The second kappa shape index (κ2) is 4.77. The van der Waals surface area contributed by atoms with Crippen LogP contribution < -0.4 is 10.5 Å². The van der Waals surface area contributed by atoms with E-state index in [1.165, 1.54) is 0 Å². The van der Waals surface area contributed by atoms with Crippen molar-refractivity contribution in [2.24, 2.45) is 0 Å². The lowest BCUT2D eigenvalue weighted by Crippen LogP contribution is -2.22. The average molecular weight is 283 g/mol. The summed E-state index contributed by atoms with van der Waals surface area (Å²) in [6.45, 7) is 1.96. The number of nitrogens with two attached hydrogens (primary N) is 1. The Morgan fingerprint density at radius 3 is 2.76 bits per heavy atom. The number of hydrogen-bond donors (Lipinski definition) is 1. The van der Waals surface area contributed by atoms with Gasteiger partial charge in [0.2, 0.25) is 0 Å². The molecule has 5 heteroatoms. The zero-order valence-corrected chi connectivity index (χ0v) is 12.3. The molecule has 1 aromatic carbocycles. The Morgan fingerprint density at radius 1 is 1.29 bits per heavy atom. The van der Waals surface area contributed by atoms with E-state index in [4.69, 9.17) is 10.5 Å². The smallest absolute Gasteiger partial charge is 0.253 e. The first-order valence-corrected chi connectivity index (χ1v) is 6.75. The van der Waals surface area contributed by atoms with Gasteiger partial charge in [-0.15, -0.1) is 0 Å². The summed E-state index contributed by atoms with van der Waals surface area (Å²) in [7, 11) is 3.46. The number of fused-ring (bicyclic) bond motifs is 3. The van der Waals surface area contributed by atoms with Gasteiger partial charge < -0.3 is 15.4 Å². The summed E-state index contributed by atoms with van der Waals surface area (Å²) in [5.74, 6) is 1.14. The van der Waals surface area contributed by atoms with E-state index >= 15 is 0 Å². The Labute approximate surface area is 123 Å². The molecule has 0 saturated carbocycles. The molecule has 1 atom stereocenters. The molecule has 0 fully saturated rings. The molecule has 21 heavy (non-hydrogen) atoms. The number of nitrogens with zero attached hydrogens (tertiary/aromatic N) is 2. The first kappa shape index (κ1) is 13.4. The van der Waals surface area contributed by atoms with Gasteiger partial charge in [0.1, 0.15) is 17.7 Å². The van der Waals surface area contributed by atoms with Crippen LogP contribution in [0.5, 0.6) is 5.75 Å². The highest BCUT2D eigenvalue weighted by Crippen LogP contribution is 2.42. The van der Waals surface area contributed by atoms with Crippen molar-refractivity contribution < 1.29 is 9.53 Å². The second-order valence-corrected chi connectivity index (χ2v) is 5.37. The monoisotopic (exact) mass is 283 g/mol. The molecule has 0 aliphatic carbocycles. The van der Waals surface area contributed by atoms with Gasteiger partial charge in [-0.05, 0) is 31.2 Å². The number of benzene rings is 1. The van der Waals surface area contributed by atoms with Crippen LogP contribution in [0.3, 0.4) is 0 Å². The average Bonchev–Trinajstić information content (AvgIpc) is 2.46. The molecule has 2 heterocycles. The van der Waals surface area contributed by atoms with Crippen molar-refractivity contribution in [3.8, 4) is 16.9 Å². The number of amides is 1. The van der Waals surface area contributed by atoms with Crippen LogP contribution in [0.4, 0.5) is 5.82 Å². The Hall–Kier alpha value is -2.56. The molecule has 1 aromatic heterocycles. The van der Waals surface area contributed by atoms with Crippen molar-refractivity contribution in [2.75, 3.05) is 19.8 Å². The van der Waals surface area contributed by atoms with Gasteiger partial charge in [-0.25, -0.2) is 4.98 Å². The lowest BCUT2D eigenvalue weighted by molar-refractivity contribution is 0.0827. The molecule has 0 spiro atoms. The van der Waals surface area contributed by atoms with E-state index in [1.807, 2.05) is 19.1 Å². The second-order valence-electron chi connectivity index (χ2n) is 5.37. The Bertz CT molecular complexity index is 725. The van der Waals surface area contributed by atoms with Crippen molar-refractivity contribution in [1.29, 1.82) is 0 Å². The van der Waals surface area contributed by atoms with Crippen LogP contribution in [0.1, 0.15) is 28.9 Å². The molecular weight excluding hydrogens is 266 g/mol. The molecule has 0 saturated heterocycles. The van der Waals surface area contributed by atoms with Gasteiger partial charge in [0.15, 0.2) is 0 Å². The van der Waals surface area contributed by atoms with Crippen molar-refractivity contribution in [3.05, 3.63) is 41.6 Å². The van der Waals surface area contributed by atoms with Gasteiger partial charge in [0, 0.05) is 42.5 Å². The normalized spacial score (nSPS) is 15.7.